The fourth-order valence-corrected chi connectivity index (χ4v) is 3.24. The first-order valence-corrected chi connectivity index (χ1v) is 8.34. The van der Waals surface area contributed by atoms with Gasteiger partial charge >= 0.3 is 11.9 Å². The highest BCUT2D eigenvalue weighted by atomic mass is 35.5. The van der Waals surface area contributed by atoms with E-state index in [2.05, 4.69) is 24.8 Å². The Hall–Kier alpha value is -2.52. The summed E-state index contributed by atoms with van der Waals surface area (Å²) in [7, 11) is 2.64. The lowest BCUT2D eigenvalue weighted by atomic mass is 10.1. The van der Waals surface area contributed by atoms with E-state index >= 15 is 0 Å². The van der Waals surface area contributed by atoms with Crippen LogP contribution in [0.25, 0.3) is 15.5 Å². The molecule has 0 radical (unpaired) electrons. The van der Waals surface area contributed by atoms with E-state index in [1.165, 1.54) is 30.1 Å². The maximum Gasteiger partial charge on any atom is 0.313 e. The SMILES string of the molecule is COC(=O)Cc1ccc(-c2nn3c(CC(=O)OC)nnc3s2)cc1Cl. The number of esters is 2. The zero-order chi connectivity index (χ0) is 18.0. The third-order valence-electron chi connectivity index (χ3n) is 3.45. The van der Waals surface area contributed by atoms with Crippen molar-refractivity contribution in [3.63, 3.8) is 0 Å². The predicted molar refractivity (Wildman–Crippen MR) is 90.5 cm³/mol. The van der Waals surface area contributed by atoms with Crippen molar-refractivity contribution in [2.24, 2.45) is 0 Å². The van der Waals surface area contributed by atoms with Crippen LogP contribution in [0.3, 0.4) is 0 Å². The second-order valence-electron chi connectivity index (χ2n) is 5.03. The zero-order valence-corrected chi connectivity index (χ0v) is 14.9. The van der Waals surface area contributed by atoms with Gasteiger partial charge < -0.3 is 9.47 Å². The normalized spacial score (nSPS) is 10.8. The lowest BCUT2D eigenvalue weighted by Gasteiger charge is -2.04. The molecule has 0 bridgehead atoms. The quantitative estimate of drug-likeness (QED) is 0.624. The van der Waals surface area contributed by atoms with E-state index in [-0.39, 0.29) is 18.8 Å². The summed E-state index contributed by atoms with van der Waals surface area (Å²) in [4.78, 5) is 23.3. The Morgan fingerprint density at radius 2 is 1.88 bits per heavy atom. The number of methoxy groups -OCH3 is 2. The van der Waals surface area contributed by atoms with E-state index in [4.69, 9.17) is 11.6 Å². The summed E-state index contributed by atoms with van der Waals surface area (Å²) in [5.41, 5.74) is 1.45. The highest BCUT2D eigenvalue weighted by Crippen LogP contribution is 2.29. The van der Waals surface area contributed by atoms with Crippen LogP contribution >= 0.6 is 22.9 Å². The van der Waals surface area contributed by atoms with E-state index in [0.29, 0.717) is 26.4 Å². The molecule has 25 heavy (non-hydrogen) atoms. The largest absolute Gasteiger partial charge is 0.469 e. The summed E-state index contributed by atoms with van der Waals surface area (Å²) in [6, 6.07) is 5.30. The van der Waals surface area contributed by atoms with Gasteiger partial charge in [0.25, 0.3) is 0 Å². The number of carbonyl (C=O) groups excluding carboxylic acids is 2. The maximum atomic E-state index is 11.4. The van der Waals surface area contributed by atoms with Crippen molar-refractivity contribution in [1.82, 2.24) is 19.8 Å². The monoisotopic (exact) mass is 380 g/mol. The number of hydrogen-bond donors (Lipinski definition) is 0. The summed E-state index contributed by atoms with van der Waals surface area (Å²) in [6.07, 6.45) is 0.0870. The summed E-state index contributed by atoms with van der Waals surface area (Å²) in [5, 5.41) is 13.5. The van der Waals surface area contributed by atoms with Gasteiger partial charge in [0, 0.05) is 10.6 Å². The smallest absolute Gasteiger partial charge is 0.313 e. The number of benzene rings is 1. The molecule has 1 aromatic carbocycles. The van der Waals surface area contributed by atoms with Crippen LogP contribution in [0, 0.1) is 0 Å². The minimum Gasteiger partial charge on any atom is -0.469 e. The van der Waals surface area contributed by atoms with Crippen LogP contribution in [0.1, 0.15) is 11.4 Å². The summed E-state index contributed by atoms with van der Waals surface area (Å²) < 4.78 is 10.8. The Balaban J connectivity index is 1.90. The van der Waals surface area contributed by atoms with Crippen molar-refractivity contribution in [3.8, 4) is 10.6 Å². The van der Waals surface area contributed by atoms with Crippen molar-refractivity contribution in [2.75, 3.05) is 14.2 Å². The van der Waals surface area contributed by atoms with Gasteiger partial charge in [0.15, 0.2) is 5.82 Å². The summed E-state index contributed by atoms with van der Waals surface area (Å²) in [5.74, 6) is -0.377. The van der Waals surface area contributed by atoms with Gasteiger partial charge in [0.05, 0.1) is 20.6 Å². The molecule has 8 nitrogen and oxygen atoms in total. The number of aromatic nitrogens is 4. The number of ether oxygens (including phenoxy) is 2. The van der Waals surface area contributed by atoms with Crippen molar-refractivity contribution >= 4 is 39.8 Å². The molecule has 2 aromatic heterocycles. The molecule has 0 fully saturated rings. The molecule has 0 amide bonds. The predicted octanol–water partition coefficient (Wildman–Crippen LogP) is 1.94. The lowest BCUT2D eigenvalue weighted by Crippen LogP contribution is -2.08. The minimum atomic E-state index is -0.418. The third kappa shape index (κ3) is 3.62. The molecular formula is C15H13ClN4O4S. The van der Waals surface area contributed by atoms with Gasteiger partial charge in [-0.1, -0.05) is 35.1 Å². The van der Waals surface area contributed by atoms with Gasteiger partial charge in [0.2, 0.25) is 4.96 Å². The van der Waals surface area contributed by atoms with Crippen molar-refractivity contribution < 1.29 is 19.1 Å². The molecule has 0 aliphatic heterocycles. The van der Waals surface area contributed by atoms with Crippen LogP contribution in [0.2, 0.25) is 5.02 Å². The lowest BCUT2D eigenvalue weighted by molar-refractivity contribution is -0.140. The van der Waals surface area contributed by atoms with E-state index < -0.39 is 5.97 Å². The number of hydrogen-bond acceptors (Lipinski definition) is 8. The number of carbonyl (C=O) groups is 2. The van der Waals surface area contributed by atoms with Crippen LogP contribution in [-0.2, 0) is 31.9 Å². The summed E-state index contributed by atoms with van der Waals surface area (Å²) >= 11 is 7.56. The highest BCUT2D eigenvalue weighted by Gasteiger charge is 2.17. The molecule has 0 saturated carbocycles. The first-order valence-electron chi connectivity index (χ1n) is 7.15. The van der Waals surface area contributed by atoms with Crippen LogP contribution in [0.4, 0.5) is 0 Å². The van der Waals surface area contributed by atoms with Gasteiger partial charge in [0.1, 0.15) is 11.4 Å². The van der Waals surface area contributed by atoms with Gasteiger partial charge in [-0.15, -0.1) is 10.2 Å². The molecular weight excluding hydrogens is 368 g/mol. The molecule has 130 valence electrons. The van der Waals surface area contributed by atoms with Crippen molar-refractivity contribution in [2.45, 2.75) is 12.8 Å². The number of fused-ring (bicyclic) bond motifs is 1. The number of halogens is 1. The first-order chi connectivity index (χ1) is 12.0. The average Bonchev–Trinajstić information content (AvgIpc) is 3.18. The minimum absolute atomic E-state index is 0.0142. The van der Waals surface area contributed by atoms with Crippen LogP contribution in [0.15, 0.2) is 18.2 Å². The zero-order valence-electron chi connectivity index (χ0n) is 13.4. The topological polar surface area (TPSA) is 95.7 Å². The van der Waals surface area contributed by atoms with E-state index in [0.717, 1.165) is 5.56 Å². The van der Waals surface area contributed by atoms with Crippen LogP contribution < -0.4 is 0 Å². The van der Waals surface area contributed by atoms with Crippen molar-refractivity contribution in [1.29, 1.82) is 0 Å². The third-order valence-corrected chi connectivity index (χ3v) is 4.75. The Labute approximate surface area is 151 Å². The molecule has 0 aliphatic rings. The van der Waals surface area contributed by atoms with Gasteiger partial charge in [-0.25, -0.2) is 0 Å². The molecule has 3 rings (SSSR count). The molecule has 0 N–H and O–H groups in total. The van der Waals surface area contributed by atoms with E-state index in [9.17, 15) is 9.59 Å². The Morgan fingerprint density at radius 1 is 1.16 bits per heavy atom. The van der Waals surface area contributed by atoms with Gasteiger partial charge in [-0.3, -0.25) is 9.59 Å². The van der Waals surface area contributed by atoms with Crippen molar-refractivity contribution in [3.05, 3.63) is 34.6 Å². The van der Waals surface area contributed by atoms with Gasteiger partial charge in [-0.05, 0) is 11.6 Å². The van der Waals surface area contributed by atoms with E-state index in [1.54, 1.807) is 12.1 Å². The second-order valence-corrected chi connectivity index (χ2v) is 6.39. The van der Waals surface area contributed by atoms with Crippen LogP contribution in [-0.4, -0.2) is 46.0 Å². The molecule has 3 aromatic rings. The molecule has 2 heterocycles. The standard InChI is InChI=1S/C15H13ClN4O4S/c1-23-12(21)6-8-3-4-9(5-10(8)16)14-19-20-11(7-13(22)24-2)17-18-15(20)25-14/h3-5H,6-7H2,1-2H3. The molecule has 10 heteroatoms. The fourth-order valence-electron chi connectivity index (χ4n) is 2.14. The molecule has 0 aliphatic carbocycles. The number of nitrogens with zero attached hydrogens (tertiary/aromatic N) is 4. The molecule has 0 unspecified atom stereocenters. The maximum absolute atomic E-state index is 11.4. The van der Waals surface area contributed by atoms with Crippen LogP contribution in [0.5, 0.6) is 0 Å². The fraction of sp³-hybridized carbons (Fsp3) is 0.267. The molecule has 0 saturated heterocycles. The molecule has 0 atom stereocenters. The Kier molecular flexibility index (Phi) is 4.95. The summed E-state index contributed by atoms with van der Waals surface area (Å²) in [6.45, 7) is 0. The van der Waals surface area contributed by atoms with E-state index in [1.807, 2.05) is 6.07 Å². The number of rotatable bonds is 5. The molecule has 0 spiro atoms. The average molecular weight is 381 g/mol. The van der Waals surface area contributed by atoms with Gasteiger partial charge in [-0.2, -0.15) is 9.61 Å². The first kappa shape index (κ1) is 17.3. The Bertz CT molecular complexity index is 952. The Morgan fingerprint density at radius 3 is 2.56 bits per heavy atom. The second kappa shape index (κ2) is 7.16. The highest BCUT2D eigenvalue weighted by molar-refractivity contribution is 7.19.